The van der Waals surface area contributed by atoms with Crippen LogP contribution >= 0.6 is 0 Å². The summed E-state index contributed by atoms with van der Waals surface area (Å²) in [6, 6.07) is 3.06. The van der Waals surface area contributed by atoms with Gasteiger partial charge in [0, 0.05) is 11.6 Å². The average molecular weight is 219 g/mol. The maximum Gasteiger partial charge on any atom is 0.264 e. The van der Waals surface area contributed by atoms with Crippen LogP contribution in [0, 0.1) is 0 Å². The molecule has 2 heterocycles. The van der Waals surface area contributed by atoms with Crippen molar-refractivity contribution in [3.63, 3.8) is 0 Å². The summed E-state index contributed by atoms with van der Waals surface area (Å²) in [5.41, 5.74) is 7.84. The van der Waals surface area contributed by atoms with Crippen molar-refractivity contribution < 1.29 is 0 Å². The number of aromatic amines is 2. The van der Waals surface area contributed by atoms with E-state index in [1.165, 1.54) is 6.07 Å². The van der Waals surface area contributed by atoms with Crippen LogP contribution < -0.4 is 11.3 Å². The standard InChI is InChI=1S/C10H13N5O/c1-5(2)8-9(14-15-10(8)11)6-3-4-7(16)13-12-6/h3-5H,1-2H3,(H,13,16)(H3,11,14,15). The Balaban J connectivity index is 2.56. The molecule has 0 spiro atoms. The van der Waals surface area contributed by atoms with Crippen molar-refractivity contribution in [2.45, 2.75) is 19.8 Å². The second-order valence-electron chi connectivity index (χ2n) is 3.86. The van der Waals surface area contributed by atoms with E-state index in [4.69, 9.17) is 5.73 Å². The number of aromatic nitrogens is 4. The van der Waals surface area contributed by atoms with E-state index in [9.17, 15) is 4.79 Å². The van der Waals surface area contributed by atoms with E-state index in [1.807, 2.05) is 13.8 Å². The Bertz CT molecular complexity index is 534. The highest BCUT2D eigenvalue weighted by atomic mass is 16.1. The lowest BCUT2D eigenvalue weighted by molar-refractivity contribution is 0.869. The van der Waals surface area contributed by atoms with Gasteiger partial charge in [0.05, 0.1) is 5.69 Å². The van der Waals surface area contributed by atoms with Gasteiger partial charge in [-0.15, -0.1) is 0 Å². The Labute approximate surface area is 91.9 Å². The summed E-state index contributed by atoms with van der Waals surface area (Å²) in [6.07, 6.45) is 0. The molecular formula is C10H13N5O. The molecular weight excluding hydrogens is 206 g/mol. The van der Waals surface area contributed by atoms with Crippen molar-refractivity contribution >= 4 is 5.82 Å². The van der Waals surface area contributed by atoms with Gasteiger partial charge >= 0.3 is 0 Å². The first-order valence-electron chi connectivity index (χ1n) is 4.99. The van der Waals surface area contributed by atoms with Gasteiger partial charge in [0.1, 0.15) is 11.5 Å². The Hall–Kier alpha value is -2.11. The molecule has 0 aliphatic rings. The van der Waals surface area contributed by atoms with E-state index in [2.05, 4.69) is 20.4 Å². The minimum atomic E-state index is -0.234. The van der Waals surface area contributed by atoms with Gasteiger partial charge in [0.2, 0.25) is 0 Å². The smallest absolute Gasteiger partial charge is 0.264 e. The monoisotopic (exact) mass is 219 g/mol. The highest BCUT2D eigenvalue weighted by Crippen LogP contribution is 2.29. The van der Waals surface area contributed by atoms with Crippen LogP contribution in [-0.2, 0) is 0 Å². The lowest BCUT2D eigenvalue weighted by atomic mass is 10.0. The summed E-state index contributed by atoms with van der Waals surface area (Å²) >= 11 is 0. The van der Waals surface area contributed by atoms with Crippen LogP contribution in [0.3, 0.4) is 0 Å². The molecule has 0 atom stereocenters. The fourth-order valence-corrected chi connectivity index (χ4v) is 1.63. The van der Waals surface area contributed by atoms with Crippen molar-refractivity contribution in [2.24, 2.45) is 0 Å². The maximum atomic E-state index is 10.9. The van der Waals surface area contributed by atoms with Crippen LogP contribution in [0.1, 0.15) is 25.3 Å². The number of nitrogens with one attached hydrogen (secondary N) is 2. The number of nitrogens with two attached hydrogens (primary N) is 1. The van der Waals surface area contributed by atoms with Crippen molar-refractivity contribution in [3.8, 4) is 11.4 Å². The zero-order valence-electron chi connectivity index (χ0n) is 9.11. The predicted octanol–water partition coefficient (Wildman–Crippen LogP) is 0.866. The van der Waals surface area contributed by atoms with Crippen LogP contribution in [0.15, 0.2) is 16.9 Å². The molecule has 16 heavy (non-hydrogen) atoms. The highest BCUT2D eigenvalue weighted by Gasteiger charge is 2.16. The molecule has 0 saturated carbocycles. The summed E-state index contributed by atoms with van der Waals surface area (Å²) in [7, 11) is 0. The molecule has 2 aromatic heterocycles. The van der Waals surface area contributed by atoms with Crippen molar-refractivity contribution in [2.75, 3.05) is 5.73 Å². The minimum absolute atomic E-state index is 0.234. The molecule has 2 rings (SSSR count). The summed E-state index contributed by atoms with van der Waals surface area (Å²) in [5.74, 6) is 0.709. The number of rotatable bonds is 2. The Morgan fingerprint density at radius 1 is 1.25 bits per heavy atom. The lowest BCUT2D eigenvalue weighted by Crippen LogP contribution is -2.06. The van der Waals surface area contributed by atoms with E-state index in [0.29, 0.717) is 11.5 Å². The number of hydrogen-bond donors (Lipinski definition) is 3. The van der Waals surface area contributed by atoms with Crippen molar-refractivity contribution in [3.05, 3.63) is 28.0 Å². The largest absolute Gasteiger partial charge is 0.382 e. The normalized spacial score (nSPS) is 10.9. The van der Waals surface area contributed by atoms with Gasteiger partial charge in [-0.05, 0) is 12.0 Å². The highest BCUT2D eigenvalue weighted by molar-refractivity contribution is 5.65. The van der Waals surface area contributed by atoms with Crippen LogP contribution in [0.2, 0.25) is 0 Å². The van der Waals surface area contributed by atoms with Crippen molar-refractivity contribution in [1.82, 2.24) is 20.4 Å². The first kappa shape index (κ1) is 10.4. The number of hydrogen-bond acceptors (Lipinski definition) is 4. The molecule has 6 nitrogen and oxygen atoms in total. The Morgan fingerprint density at radius 3 is 2.56 bits per heavy atom. The maximum absolute atomic E-state index is 10.9. The molecule has 2 aromatic rings. The van der Waals surface area contributed by atoms with Crippen LogP contribution in [-0.4, -0.2) is 20.4 Å². The van der Waals surface area contributed by atoms with Gasteiger partial charge in [-0.3, -0.25) is 9.89 Å². The third-order valence-electron chi connectivity index (χ3n) is 2.35. The Kier molecular flexibility index (Phi) is 2.47. The second-order valence-corrected chi connectivity index (χ2v) is 3.86. The number of nitrogen functional groups attached to an aromatic ring is 1. The van der Waals surface area contributed by atoms with E-state index in [0.717, 1.165) is 11.3 Å². The van der Waals surface area contributed by atoms with Gasteiger partial charge in [-0.1, -0.05) is 13.8 Å². The molecule has 4 N–H and O–H groups in total. The fraction of sp³-hybridized carbons (Fsp3) is 0.300. The first-order chi connectivity index (χ1) is 7.59. The van der Waals surface area contributed by atoms with E-state index < -0.39 is 0 Å². The minimum Gasteiger partial charge on any atom is -0.382 e. The zero-order chi connectivity index (χ0) is 11.7. The molecule has 0 radical (unpaired) electrons. The lowest BCUT2D eigenvalue weighted by Gasteiger charge is -2.05. The molecule has 6 heteroatoms. The third-order valence-corrected chi connectivity index (χ3v) is 2.35. The predicted molar refractivity (Wildman–Crippen MR) is 60.9 cm³/mol. The Morgan fingerprint density at radius 2 is 2.00 bits per heavy atom. The van der Waals surface area contributed by atoms with Gasteiger partial charge < -0.3 is 5.73 Å². The molecule has 0 aliphatic heterocycles. The van der Waals surface area contributed by atoms with Crippen molar-refractivity contribution in [1.29, 1.82) is 0 Å². The summed E-state index contributed by atoms with van der Waals surface area (Å²) in [4.78, 5) is 10.9. The van der Waals surface area contributed by atoms with Crippen LogP contribution in [0.5, 0.6) is 0 Å². The second kappa shape index (κ2) is 3.80. The molecule has 0 aliphatic carbocycles. The molecule has 0 unspecified atom stereocenters. The number of anilines is 1. The molecule has 0 aromatic carbocycles. The van der Waals surface area contributed by atoms with E-state index >= 15 is 0 Å². The summed E-state index contributed by atoms with van der Waals surface area (Å²) in [6.45, 7) is 4.05. The zero-order valence-corrected chi connectivity index (χ0v) is 9.11. The van der Waals surface area contributed by atoms with Crippen LogP contribution in [0.4, 0.5) is 5.82 Å². The van der Waals surface area contributed by atoms with E-state index in [1.54, 1.807) is 6.07 Å². The third kappa shape index (κ3) is 1.69. The average Bonchev–Trinajstić information content (AvgIpc) is 2.61. The SMILES string of the molecule is CC(C)c1c(N)n[nH]c1-c1ccc(=O)[nH]n1. The topological polar surface area (TPSA) is 100 Å². The molecule has 0 amide bonds. The van der Waals surface area contributed by atoms with Gasteiger partial charge in [-0.2, -0.15) is 10.2 Å². The van der Waals surface area contributed by atoms with Crippen LogP contribution in [0.25, 0.3) is 11.4 Å². The summed E-state index contributed by atoms with van der Waals surface area (Å²) in [5, 5.41) is 13.1. The first-order valence-corrected chi connectivity index (χ1v) is 4.99. The quantitative estimate of drug-likeness (QED) is 0.697. The summed E-state index contributed by atoms with van der Waals surface area (Å²) < 4.78 is 0. The molecule has 0 fully saturated rings. The molecule has 84 valence electrons. The van der Waals surface area contributed by atoms with Gasteiger partial charge in [0.25, 0.3) is 5.56 Å². The van der Waals surface area contributed by atoms with Gasteiger partial charge in [0.15, 0.2) is 0 Å². The molecule has 0 bridgehead atoms. The number of nitrogens with zero attached hydrogens (tertiary/aromatic N) is 2. The molecule has 0 saturated heterocycles. The van der Waals surface area contributed by atoms with Gasteiger partial charge in [-0.25, -0.2) is 5.10 Å². The number of H-pyrrole nitrogens is 2. The fourth-order valence-electron chi connectivity index (χ4n) is 1.63. The van der Waals surface area contributed by atoms with E-state index in [-0.39, 0.29) is 11.5 Å².